The molecule has 1 saturated heterocycles. The van der Waals surface area contributed by atoms with Crippen molar-refractivity contribution in [1.29, 1.82) is 0 Å². The Morgan fingerprint density at radius 3 is 2.50 bits per heavy atom. The summed E-state index contributed by atoms with van der Waals surface area (Å²) in [5.41, 5.74) is -0.159. The molecule has 3 unspecified atom stereocenters. The van der Waals surface area contributed by atoms with Crippen molar-refractivity contribution in [1.82, 2.24) is 10.6 Å². The van der Waals surface area contributed by atoms with Gasteiger partial charge in [-0.3, -0.25) is 4.79 Å². The first-order valence-corrected chi connectivity index (χ1v) is 8.44. The Morgan fingerprint density at radius 1 is 1.25 bits per heavy atom. The summed E-state index contributed by atoms with van der Waals surface area (Å²) >= 11 is 0. The predicted molar refractivity (Wildman–Crippen MR) is 83.5 cm³/mol. The maximum absolute atomic E-state index is 12.7. The van der Waals surface area contributed by atoms with Crippen LogP contribution in [-0.4, -0.2) is 25.0 Å². The molecule has 1 amide bonds. The van der Waals surface area contributed by atoms with Crippen LogP contribution in [0.4, 0.5) is 0 Å². The van der Waals surface area contributed by atoms with E-state index in [4.69, 9.17) is 0 Å². The molecule has 2 rings (SSSR count). The van der Waals surface area contributed by atoms with Gasteiger partial charge in [-0.15, -0.1) is 0 Å². The van der Waals surface area contributed by atoms with E-state index in [9.17, 15) is 4.79 Å². The van der Waals surface area contributed by atoms with Gasteiger partial charge in [0, 0.05) is 11.5 Å². The van der Waals surface area contributed by atoms with Crippen LogP contribution >= 0.6 is 0 Å². The minimum Gasteiger partial charge on any atom is -0.353 e. The molecule has 0 aromatic carbocycles. The molecule has 2 fully saturated rings. The fourth-order valence-electron chi connectivity index (χ4n) is 3.92. The first-order chi connectivity index (χ1) is 9.42. The van der Waals surface area contributed by atoms with Crippen molar-refractivity contribution in [2.45, 2.75) is 65.8 Å². The number of rotatable bonds is 3. The Bertz CT molecular complexity index is 334. The van der Waals surface area contributed by atoms with Crippen molar-refractivity contribution in [3.05, 3.63) is 0 Å². The van der Waals surface area contributed by atoms with Gasteiger partial charge >= 0.3 is 0 Å². The second-order valence-corrected chi connectivity index (χ2v) is 7.72. The maximum Gasteiger partial charge on any atom is 0.226 e. The lowest BCUT2D eigenvalue weighted by Gasteiger charge is -2.41. The van der Waals surface area contributed by atoms with Crippen molar-refractivity contribution in [2.24, 2.45) is 23.2 Å². The van der Waals surface area contributed by atoms with Crippen LogP contribution < -0.4 is 10.6 Å². The Hall–Kier alpha value is -0.570. The molecule has 1 heterocycles. The Morgan fingerprint density at radius 2 is 1.90 bits per heavy atom. The number of hydrogen-bond donors (Lipinski definition) is 2. The molecule has 1 aliphatic heterocycles. The van der Waals surface area contributed by atoms with Gasteiger partial charge in [0.05, 0.1) is 0 Å². The number of amides is 1. The molecule has 116 valence electrons. The number of carbonyl (C=O) groups excluding carboxylic acids is 1. The highest BCUT2D eigenvalue weighted by Gasteiger charge is 2.38. The van der Waals surface area contributed by atoms with Crippen LogP contribution in [0.15, 0.2) is 0 Å². The summed E-state index contributed by atoms with van der Waals surface area (Å²) in [5.74, 6) is 2.36. The summed E-state index contributed by atoms with van der Waals surface area (Å²) in [7, 11) is 0. The molecule has 3 atom stereocenters. The van der Waals surface area contributed by atoms with Gasteiger partial charge in [0.1, 0.15) is 0 Å². The lowest BCUT2D eigenvalue weighted by Crippen LogP contribution is -2.52. The SMILES string of the molecule is CC1CCC(C(C)C)C(NC(=O)C2(C)CCNCC2)C1. The third kappa shape index (κ3) is 3.55. The molecule has 0 spiro atoms. The lowest BCUT2D eigenvalue weighted by molar-refractivity contribution is -0.133. The van der Waals surface area contributed by atoms with Gasteiger partial charge in [-0.25, -0.2) is 0 Å². The van der Waals surface area contributed by atoms with E-state index in [1.807, 2.05) is 0 Å². The Kier molecular flexibility index (Phi) is 5.11. The van der Waals surface area contributed by atoms with Crippen molar-refractivity contribution in [3.8, 4) is 0 Å². The molecule has 0 bridgehead atoms. The molecule has 2 aliphatic rings. The summed E-state index contributed by atoms with van der Waals surface area (Å²) in [5, 5.41) is 6.78. The fraction of sp³-hybridized carbons (Fsp3) is 0.941. The number of carbonyl (C=O) groups is 1. The second-order valence-electron chi connectivity index (χ2n) is 7.72. The van der Waals surface area contributed by atoms with Gasteiger partial charge < -0.3 is 10.6 Å². The van der Waals surface area contributed by atoms with Crippen LogP contribution in [0.1, 0.15) is 59.8 Å². The quantitative estimate of drug-likeness (QED) is 0.834. The monoisotopic (exact) mass is 280 g/mol. The van der Waals surface area contributed by atoms with Gasteiger partial charge in [0.25, 0.3) is 0 Å². The highest BCUT2D eigenvalue weighted by Crippen LogP contribution is 2.35. The van der Waals surface area contributed by atoms with Crippen molar-refractivity contribution >= 4 is 5.91 Å². The van der Waals surface area contributed by atoms with E-state index in [-0.39, 0.29) is 5.41 Å². The minimum atomic E-state index is -0.159. The van der Waals surface area contributed by atoms with Crippen LogP contribution in [0.25, 0.3) is 0 Å². The van der Waals surface area contributed by atoms with E-state index in [0.29, 0.717) is 23.8 Å². The van der Waals surface area contributed by atoms with Crippen molar-refractivity contribution < 1.29 is 4.79 Å². The zero-order valence-corrected chi connectivity index (χ0v) is 13.7. The third-order valence-corrected chi connectivity index (χ3v) is 5.59. The molecular formula is C17H32N2O. The first kappa shape index (κ1) is 15.8. The van der Waals surface area contributed by atoms with Gasteiger partial charge in [0.15, 0.2) is 0 Å². The highest BCUT2D eigenvalue weighted by atomic mass is 16.2. The van der Waals surface area contributed by atoms with E-state index in [2.05, 4.69) is 38.3 Å². The van der Waals surface area contributed by atoms with Gasteiger partial charge in [-0.1, -0.05) is 34.1 Å². The molecule has 3 nitrogen and oxygen atoms in total. The standard InChI is InChI=1S/C17H32N2O/c1-12(2)14-6-5-13(3)11-15(14)19-16(20)17(4)7-9-18-10-8-17/h12-15,18H,5-11H2,1-4H3,(H,19,20). The van der Waals surface area contributed by atoms with E-state index >= 15 is 0 Å². The van der Waals surface area contributed by atoms with E-state index in [1.165, 1.54) is 12.8 Å². The Labute approximate surface area is 124 Å². The molecule has 3 heteroatoms. The van der Waals surface area contributed by atoms with Crippen LogP contribution in [-0.2, 0) is 4.79 Å². The van der Waals surface area contributed by atoms with Crippen molar-refractivity contribution in [3.63, 3.8) is 0 Å². The third-order valence-electron chi connectivity index (χ3n) is 5.59. The molecule has 0 radical (unpaired) electrons. The molecule has 0 aromatic heterocycles. The van der Waals surface area contributed by atoms with Gasteiger partial charge in [-0.05, 0) is 56.5 Å². The van der Waals surface area contributed by atoms with Crippen LogP contribution in [0.5, 0.6) is 0 Å². The summed E-state index contributed by atoms with van der Waals surface area (Å²) < 4.78 is 0. The molecule has 1 saturated carbocycles. The Balaban J connectivity index is 2.00. The average molecular weight is 280 g/mol. The van der Waals surface area contributed by atoms with Crippen LogP contribution in [0, 0.1) is 23.2 Å². The molecule has 20 heavy (non-hydrogen) atoms. The summed E-state index contributed by atoms with van der Waals surface area (Å²) in [6, 6.07) is 0.387. The lowest BCUT2D eigenvalue weighted by atomic mass is 9.73. The normalized spacial score (nSPS) is 34.0. The topological polar surface area (TPSA) is 41.1 Å². The van der Waals surface area contributed by atoms with Crippen LogP contribution in [0.2, 0.25) is 0 Å². The number of piperidine rings is 1. The molecule has 0 aromatic rings. The van der Waals surface area contributed by atoms with E-state index < -0.39 is 0 Å². The number of hydrogen-bond acceptors (Lipinski definition) is 2. The summed E-state index contributed by atoms with van der Waals surface area (Å²) in [6.45, 7) is 11.0. The molecule has 1 aliphatic carbocycles. The summed E-state index contributed by atoms with van der Waals surface area (Å²) in [4.78, 5) is 12.7. The predicted octanol–water partition coefficient (Wildman–Crippen LogP) is 2.95. The largest absolute Gasteiger partial charge is 0.353 e. The van der Waals surface area contributed by atoms with Gasteiger partial charge in [0.2, 0.25) is 5.91 Å². The van der Waals surface area contributed by atoms with E-state index in [1.54, 1.807) is 0 Å². The van der Waals surface area contributed by atoms with E-state index in [0.717, 1.165) is 38.3 Å². The number of nitrogens with one attached hydrogen (secondary N) is 2. The first-order valence-electron chi connectivity index (χ1n) is 8.44. The van der Waals surface area contributed by atoms with Gasteiger partial charge in [-0.2, -0.15) is 0 Å². The fourth-order valence-corrected chi connectivity index (χ4v) is 3.92. The zero-order chi connectivity index (χ0) is 14.8. The maximum atomic E-state index is 12.7. The molecular weight excluding hydrogens is 248 g/mol. The highest BCUT2D eigenvalue weighted by molar-refractivity contribution is 5.82. The zero-order valence-electron chi connectivity index (χ0n) is 13.7. The summed E-state index contributed by atoms with van der Waals surface area (Å²) in [6.07, 6.45) is 5.67. The molecule has 2 N–H and O–H groups in total. The smallest absolute Gasteiger partial charge is 0.226 e. The minimum absolute atomic E-state index is 0.159. The van der Waals surface area contributed by atoms with Crippen LogP contribution in [0.3, 0.4) is 0 Å². The average Bonchev–Trinajstić information content (AvgIpc) is 2.39. The second kappa shape index (κ2) is 6.46. The van der Waals surface area contributed by atoms with Crippen molar-refractivity contribution in [2.75, 3.05) is 13.1 Å².